The van der Waals surface area contributed by atoms with Gasteiger partial charge in [0.2, 0.25) is 5.78 Å². The van der Waals surface area contributed by atoms with Gasteiger partial charge < -0.3 is 9.30 Å². The number of aromatic nitrogens is 5. The van der Waals surface area contributed by atoms with Crippen LogP contribution in [0.1, 0.15) is 34.6 Å². The number of aryl methyl sites for hydroxylation is 1. The first-order chi connectivity index (χ1) is 16.5. The summed E-state index contributed by atoms with van der Waals surface area (Å²) in [5, 5.41) is 9.73. The number of nitrogens with zero attached hydrogens (tertiary/aromatic N) is 5. The highest BCUT2D eigenvalue weighted by Gasteiger charge is 2.22. The van der Waals surface area contributed by atoms with Crippen LogP contribution < -0.4 is 5.56 Å². The molecular formula is C25H27N5O3S. The molecule has 0 bridgehead atoms. The summed E-state index contributed by atoms with van der Waals surface area (Å²) in [7, 11) is 0. The van der Waals surface area contributed by atoms with Crippen molar-refractivity contribution >= 4 is 34.2 Å². The molecule has 0 saturated carbocycles. The van der Waals surface area contributed by atoms with Gasteiger partial charge in [0.05, 0.1) is 22.8 Å². The van der Waals surface area contributed by atoms with Gasteiger partial charge in [0.1, 0.15) is 0 Å². The third-order valence-corrected chi connectivity index (χ3v) is 7.34. The van der Waals surface area contributed by atoms with Crippen molar-refractivity contribution in [2.24, 2.45) is 0 Å². The maximum atomic E-state index is 13.2. The van der Waals surface area contributed by atoms with Gasteiger partial charge in [0, 0.05) is 36.6 Å². The van der Waals surface area contributed by atoms with Gasteiger partial charge in [0.25, 0.3) is 5.56 Å². The van der Waals surface area contributed by atoms with E-state index < -0.39 is 0 Å². The highest BCUT2D eigenvalue weighted by Crippen LogP contribution is 2.25. The molecule has 0 spiro atoms. The Hall–Kier alpha value is -3.17. The van der Waals surface area contributed by atoms with Gasteiger partial charge in [-0.2, -0.15) is 0 Å². The zero-order valence-corrected chi connectivity index (χ0v) is 20.2. The highest BCUT2D eigenvalue weighted by molar-refractivity contribution is 7.99. The zero-order valence-electron chi connectivity index (χ0n) is 19.4. The van der Waals surface area contributed by atoms with Gasteiger partial charge in [-0.3, -0.25) is 18.6 Å². The number of hydrogen-bond donors (Lipinski definition) is 0. The second-order valence-electron chi connectivity index (χ2n) is 8.58. The predicted octanol–water partition coefficient (Wildman–Crippen LogP) is 3.80. The first-order valence-electron chi connectivity index (χ1n) is 11.4. The van der Waals surface area contributed by atoms with E-state index in [-0.39, 0.29) is 23.2 Å². The lowest BCUT2D eigenvalue weighted by molar-refractivity contribution is 0.0957. The average Bonchev–Trinajstić information content (AvgIpc) is 3.57. The van der Waals surface area contributed by atoms with Crippen LogP contribution in [-0.2, 0) is 17.8 Å². The van der Waals surface area contributed by atoms with Crippen LogP contribution in [0.2, 0.25) is 0 Å². The molecule has 9 heteroatoms. The number of carbonyl (C=O) groups is 1. The van der Waals surface area contributed by atoms with Crippen molar-refractivity contribution in [1.82, 2.24) is 23.7 Å². The Morgan fingerprint density at radius 3 is 2.85 bits per heavy atom. The summed E-state index contributed by atoms with van der Waals surface area (Å²) < 4.78 is 11.4. The van der Waals surface area contributed by atoms with E-state index in [1.54, 1.807) is 16.7 Å². The maximum Gasteiger partial charge on any atom is 0.263 e. The molecule has 5 rings (SSSR count). The molecule has 1 aliphatic rings. The number of hydrogen-bond acceptors (Lipinski definition) is 6. The van der Waals surface area contributed by atoms with E-state index in [4.69, 9.17) is 4.74 Å². The average molecular weight is 478 g/mol. The molecule has 0 amide bonds. The van der Waals surface area contributed by atoms with E-state index in [1.165, 1.54) is 11.8 Å². The summed E-state index contributed by atoms with van der Waals surface area (Å²) >= 11 is 1.33. The third-order valence-electron chi connectivity index (χ3n) is 6.41. The van der Waals surface area contributed by atoms with Gasteiger partial charge in [0.15, 0.2) is 10.9 Å². The molecule has 0 N–H and O–H groups in total. The number of para-hydroxylation sites is 1. The van der Waals surface area contributed by atoms with Gasteiger partial charge in [-0.1, -0.05) is 30.0 Å². The van der Waals surface area contributed by atoms with Crippen LogP contribution >= 0.6 is 11.8 Å². The summed E-state index contributed by atoms with van der Waals surface area (Å²) in [5.74, 6) is 0.699. The lowest BCUT2D eigenvalue weighted by atomic mass is 10.2. The molecule has 4 heterocycles. The van der Waals surface area contributed by atoms with Crippen LogP contribution in [0.3, 0.4) is 0 Å². The zero-order chi connectivity index (χ0) is 23.8. The topological polar surface area (TPSA) is 83.4 Å². The number of ether oxygens (including phenoxy) is 1. The van der Waals surface area contributed by atoms with Crippen molar-refractivity contribution in [3.05, 3.63) is 70.3 Å². The van der Waals surface area contributed by atoms with E-state index in [9.17, 15) is 9.59 Å². The maximum absolute atomic E-state index is 13.2. The van der Waals surface area contributed by atoms with E-state index >= 15 is 0 Å². The SMILES string of the molecule is C=CCn1c(=O)c2ccccc2n2c(SCC(=O)c3cc(C)n(C[C@H]4CCCO4)c3C)nnc12. The van der Waals surface area contributed by atoms with E-state index in [1.807, 2.05) is 42.5 Å². The largest absolute Gasteiger partial charge is 0.376 e. The third kappa shape index (κ3) is 3.88. The van der Waals surface area contributed by atoms with Crippen LogP contribution in [0.5, 0.6) is 0 Å². The fourth-order valence-electron chi connectivity index (χ4n) is 4.68. The number of ketones is 1. The standard InChI is InChI=1S/C25H27N5O3S/c1-4-11-28-23(32)19-9-5-6-10-21(19)30-24(28)26-27-25(30)34-15-22(31)20-13-16(2)29(17(20)3)14-18-8-7-12-33-18/h4-6,9-10,13,18H,1,7-8,11-12,14-15H2,2-3H3/t18-/m1/s1. The number of thioether (sulfide) groups is 1. The number of Topliss-reactive ketones (excluding diaryl/α,β-unsaturated/α-hetero) is 1. The number of benzene rings is 1. The molecule has 176 valence electrons. The van der Waals surface area contributed by atoms with Gasteiger partial charge in [-0.25, -0.2) is 0 Å². The lowest BCUT2D eigenvalue weighted by Gasteiger charge is -2.14. The van der Waals surface area contributed by atoms with Crippen molar-refractivity contribution in [1.29, 1.82) is 0 Å². The molecule has 1 aliphatic heterocycles. The molecule has 1 fully saturated rings. The number of carbonyl (C=O) groups excluding carboxylic acids is 1. The molecule has 0 unspecified atom stereocenters. The molecule has 1 saturated heterocycles. The fourth-order valence-corrected chi connectivity index (χ4v) is 5.51. The normalized spacial score (nSPS) is 16.0. The first kappa shape index (κ1) is 22.6. The Labute approximate surface area is 201 Å². The van der Waals surface area contributed by atoms with Crippen LogP contribution in [0.4, 0.5) is 0 Å². The Bertz CT molecular complexity index is 1460. The Kier molecular flexibility index (Phi) is 6.14. The molecule has 0 radical (unpaired) electrons. The van der Waals surface area contributed by atoms with E-state index in [0.717, 1.165) is 48.5 Å². The van der Waals surface area contributed by atoms with Gasteiger partial charge in [-0.05, 0) is 44.9 Å². The minimum Gasteiger partial charge on any atom is -0.376 e. The van der Waals surface area contributed by atoms with Crippen molar-refractivity contribution < 1.29 is 9.53 Å². The second kappa shape index (κ2) is 9.23. The van der Waals surface area contributed by atoms with Crippen LogP contribution in [0.15, 0.2) is 52.9 Å². The Morgan fingerprint density at radius 1 is 1.26 bits per heavy atom. The number of fused-ring (bicyclic) bond motifs is 3. The molecule has 8 nitrogen and oxygen atoms in total. The van der Waals surface area contributed by atoms with Crippen LogP contribution in [0, 0.1) is 13.8 Å². The van der Waals surface area contributed by atoms with Crippen molar-refractivity contribution in [2.75, 3.05) is 12.4 Å². The minimum atomic E-state index is -0.137. The first-order valence-corrected chi connectivity index (χ1v) is 12.4. The molecule has 34 heavy (non-hydrogen) atoms. The van der Waals surface area contributed by atoms with E-state index in [0.29, 0.717) is 22.9 Å². The quantitative estimate of drug-likeness (QED) is 0.218. The lowest BCUT2D eigenvalue weighted by Crippen LogP contribution is -2.22. The molecule has 0 aliphatic carbocycles. The van der Waals surface area contributed by atoms with E-state index in [2.05, 4.69) is 21.3 Å². The summed E-state index contributed by atoms with van der Waals surface area (Å²) in [6.45, 7) is 9.70. The molecule has 4 aromatic rings. The van der Waals surface area contributed by atoms with Crippen molar-refractivity contribution in [3.8, 4) is 0 Å². The summed E-state index contributed by atoms with van der Waals surface area (Å²) in [5.41, 5.74) is 3.34. The number of rotatable bonds is 8. The molecular weight excluding hydrogens is 450 g/mol. The van der Waals surface area contributed by atoms with Crippen molar-refractivity contribution in [3.63, 3.8) is 0 Å². The number of allylic oxidation sites excluding steroid dienone is 1. The molecule has 3 aromatic heterocycles. The second-order valence-corrected chi connectivity index (χ2v) is 9.52. The highest BCUT2D eigenvalue weighted by atomic mass is 32.2. The summed E-state index contributed by atoms with van der Waals surface area (Å²) in [6, 6.07) is 9.34. The summed E-state index contributed by atoms with van der Waals surface area (Å²) in [6.07, 6.45) is 4.02. The minimum absolute atomic E-state index is 0.0390. The van der Waals surface area contributed by atoms with Crippen LogP contribution in [0.25, 0.3) is 16.7 Å². The van der Waals surface area contributed by atoms with Gasteiger partial charge in [-0.15, -0.1) is 16.8 Å². The molecule has 1 atom stereocenters. The molecule has 1 aromatic carbocycles. The Morgan fingerprint density at radius 2 is 2.09 bits per heavy atom. The smallest absolute Gasteiger partial charge is 0.263 e. The van der Waals surface area contributed by atoms with Crippen molar-refractivity contribution in [2.45, 2.75) is 51.0 Å². The monoisotopic (exact) mass is 477 g/mol. The predicted molar refractivity (Wildman–Crippen MR) is 133 cm³/mol. The Balaban J connectivity index is 1.44. The summed E-state index contributed by atoms with van der Waals surface area (Å²) in [4.78, 5) is 26.1. The van der Waals surface area contributed by atoms with Gasteiger partial charge >= 0.3 is 0 Å². The van der Waals surface area contributed by atoms with Crippen LogP contribution in [-0.4, -0.2) is 48.0 Å². The fraction of sp³-hybridized carbons (Fsp3) is 0.360.